The Morgan fingerprint density at radius 3 is 2.91 bits per heavy atom. The van der Waals surface area contributed by atoms with Gasteiger partial charge in [-0.2, -0.15) is 0 Å². The van der Waals surface area contributed by atoms with E-state index in [-0.39, 0.29) is 11.5 Å². The maximum Gasteiger partial charge on any atom is 0.261 e. The Balaban J connectivity index is 1.79. The second-order valence-electron chi connectivity index (χ2n) is 8.31. The highest BCUT2D eigenvalue weighted by molar-refractivity contribution is 6.31. The molecule has 1 saturated heterocycles. The first-order valence-electron chi connectivity index (χ1n) is 10.8. The van der Waals surface area contributed by atoms with Gasteiger partial charge in [0.25, 0.3) is 5.56 Å². The minimum absolute atomic E-state index is 0.0524. The normalized spacial score (nSPS) is 18.2. The number of aromatic nitrogens is 2. The molecule has 0 saturated carbocycles. The van der Waals surface area contributed by atoms with Crippen molar-refractivity contribution < 1.29 is 4.79 Å². The third kappa shape index (κ3) is 3.91. The van der Waals surface area contributed by atoms with E-state index in [1.807, 2.05) is 50.2 Å². The van der Waals surface area contributed by atoms with Crippen LogP contribution in [0.4, 0.5) is 5.69 Å². The number of likely N-dealkylation sites (tertiary alicyclic amines) is 1. The Morgan fingerprint density at radius 1 is 1.34 bits per heavy atom. The van der Waals surface area contributed by atoms with Gasteiger partial charge in [0, 0.05) is 30.3 Å². The van der Waals surface area contributed by atoms with Crippen LogP contribution in [0.15, 0.2) is 60.2 Å². The number of hydrogen-bond acceptors (Lipinski definition) is 4. The summed E-state index contributed by atoms with van der Waals surface area (Å²) in [6.07, 6.45) is 4.51. The van der Waals surface area contributed by atoms with Gasteiger partial charge in [-0.1, -0.05) is 37.2 Å². The number of amides is 1. The van der Waals surface area contributed by atoms with Crippen LogP contribution in [0.3, 0.4) is 0 Å². The quantitative estimate of drug-likeness (QED) is 0.562. The van der Waals surface area contributed by atoms with Gasteiger partial charge in [0.15, 0.2) is 0 Å². The first-order chi connectivity index (χ1) is 15.4. The maximum atomic E-state index is 13.0. The van der Waals surface area contributed by atoms with Gasteiger partial charge in [-0.15, -0.1) is 0 Å². The average molecular weight is 451 g/mol. The average Bonchev–Trinajstić information content (AvgIpc) is 3.22. The molecule has 0 radical (unpaired) electrons. The number of rotatable bonds is 6. The summed E-state index contributed by atoms with van der Waals surface area (Å²) >= 11 is 6.45. The molecule has 2 aromatic carbocycles. The molecular weight excluding hydrogens is 424 g/mol. The zero-order valence-corrected chi connectivity index (χ0v) is 19.2. The number of halogens is 1. The second-order valence-corrected chi connectivity index (χ2v) is 8.72. The molecule has 32 heavy (non-hydrogen) atoms. The van der Waals surface area contributed by atoms with Crippen molar-refractivity contribution in [3.05, 3.63) is 81.9 Å². The smallest absolute Gasteiger partial charge is 0.261 e. The van der Waals surface area contributed by atoms with Crippen LogP contribution >= 0.6 is 11.6 Å². The van der Waals surface area contributed by atoms with E-state index in [2.05, 4.69) is 16.9 Å². The van der Waals surface area contributed by atoms with Crippen LogP contribution < -0.4 is 10.9 Å². The zero-order valence-electron chi connectivity index (χ0n) is 18.4. The van der Waals surface area contributed by atoms with Crippen molar-refractivity contribution in [3.8, 4) is 0 Å². The van der Waals surface area contributed by atoms with E-state index in [1.54, 1.807) is 15.8 Å². The predicted octanol–water partition coefficient (Wildman–Crippen LogP) is 4.49. The molecule has 0 aliphatic carbocycles. The van der Waals surface area contributed by atoms with Crippen molar-refractivity contribution in [1.82, 2.24) is 14.5 Å². The molecule has 4 rings (SSSR count). The Bertz CT molecular complexity index is 1250. The summed E-state index contributed by atoms with van der Waals surface area (Å²) < 4.78 is 1.64. The van der Waals surface area contributed by atoms with Gasteiger partial charge in [0.1, 0.15) is 0 Å². The van der Waals surface area contributed by atoms with Crippen LogP contribution in [0.5, 0.6) is 0 Å². The highest BCUT2D eigenvalue weighted by Crippen LogP contribution is 2.39. The lowest BCUT2D eigenvalue weighted by Gasteiger charge is -2.34. The van der Waals surface area contributed by atoms with Crippen LogP contribution in [0.2, 0.25) is 5.02 Å². The molecule has 2 heterocycles. The van der Waals surface area contributed by atoms with Crippen LogP contribution in [0, 0.1) is 6.92 Å². The number of nitrogens with zero attached hydrogens (tertiary/aromatic N) is 3. The molecule has 1 aliphatic heterocycles. The third-order valence-corrected chi connectivity index (χ3v) is 6.62. The molecule has 0 bridgehead atoms. The molecular formula is C25H27ClN4O2. The number of carbonyl (C=O) groups is 1. The summed E-state index contributed by atoms with van der Waals surface area (Å²) in [5.74, 6) is -0.0986. The van der Waals surface area contributed by atoms with Gasteiger partial charge >= 0.3 is 0 Å². The van der Waals surface area contributed by atoms with E-state index in [4.69, 9.17) is 11.6 Å². The van der Waals surface area contributed by atoms with Crippen LogP contribution in [-0.2, 0) is 16.9 Å². The Hall–Kier alpha value is -3.12. The Kier molecular flexibility index (Phi) is 6.07. The molecule has 0 unspecified atom stereocenters. The fraction of sp³-hybridized carbons (Fsp3) is 0.320. The molecule has 166 valence electrons. The number of aryl methyl sites for hydroxylation is 1. The molecule has 7 heteroatoms. The largest absolute Gasteiger partial charge is 0.374 e. The van der Waals surface area contributed by atoms with Crippen LogP contribution in [0.1, 0.15) is 30.9 Å². The number of hydrogen-bond donors (Lipinski definition) is 1. The van der Waals surface area contributed by atoms with E-state index in [9.17, 15) is 9.59 Å². The Morgan fingerprint density at radius 2 is 2.16 bits per heavy atom. The van der Waals surface area contributed by atoms with Gasteiger partial charge in [-0.25, -0.2) is 4.98 Å². The van der Waals surface area contributed by atoms with E-state index >= 15 is 0 Å². The van der Waals surface area contributed by atoms with Crippen LogP contribution in [-0.4, -0.2) is 33.4 Å². The maximum absolute atomic E-state index is 13.0. The lowest BCUT2D eigenvalue weighted by Crippen LogP contribution is -2.40. The summed E-state index contributed by atoms with van der Waals surface area (Å²) in [6.45, 7) is 9.36. The van der Waals surface area contributed by atoms with E-state index in [0.29, 0.717) is 42.0 Å². The van der Waals surface area contributed by atoms with Crippen LogP contribution in [0.25, 0.3) is 10.9 Å². The fourth-order valence-corrected chi connectivity index (χ4v) is 4.73. The molecule has 0 spiro atoms. The minimum atomic E-state index is -0.536. The third-order valence-electron chi connectivity index (χ3n) is 6.21. The van der Waals surface area contributed by atoms with Crippen molar-refractivity contribution in [2.75, 3.05) is 18.4 Å². The minimum Gasteiger partial charge on any atom is -0.374 e. The van der Waals surface area contributed by atoms with Gasteiger partial charge in [-0.3, -0.25) is 14.2 Å². The standard InChI is InChI=1S/C25H27ClN4O2/c1-4-12-30-16-27-22-10-9-18(14-19(22)24(30)32)28-25(11-13-29(15-25)23(31)5-2)20-7-6-8-21(26)17(20)3/h5-10,14,16,28H,2,4,11-13,15H2,1,3H3/t25-/m1/s1. The van der Waals surface area contributed by atoms with Gasteiger partial charge < -0.3 is 10.2 Å². The number of benzene rings is 2. The highest BCUT2D eigenvalue weighted by atomic mass is 35.5. The lowest BCUT2D eigenvalue weighted by atomic mass is 9.85. The summed E-state index contributed by atoms with van der Waals surface area (Å²) in [7, 11) is 0. The first-order valence-corrected chi connectivity index (χ1v) is 11.2. The van der Waals surface area contributed by atoms with Crippen molar-refractivity contribution in [1.29, 1.82) is 0 Å². The summed E-state index contributed by atoms with van der Waals surface area (Å²) in [4.78, 5) is 31.5. The molecule has 1 aliphatic rings. The molecule has 1 N–H and O–H groups in total. The molecule has 6 nitrogen and oxygen atoms in total. The number of nitrogens with one attached hydrogen (secondary N) is 1. The van der Waals surface area contributed by atoms with E-state index < -0.39 is 5.54 Å². The van der Waals surface area contributed by atoms with Gasteiger partial charge in [-0.05, 0) is 61.2 Å². The number of fused-ring (bicyclic) bond motifs is 1. The first kappa shape index (κ1) is 22.1. The van der Waals surface area contributed by atoms with Crippen molar-refractivity contribution in [2.24, 2.45) is 0 Å². The number of anilines is 1. The SMILES string of the molecule is C=CC(=O)N1CC[C@](Nc2ccc3ncn(CCC)c(=O)c3c2)(c2cccc(Cl)c2C)C1. The molecule has 1 aromatic heterocycles. The van der Waals surface area contributed by atoms with Crippen molar-refractivity contribution in [3.63, 3.8) is 0 Å². The Labute approximate surface area is 192 Å². The van der Waals surface area contributed by atoms with E-state index in [1.165, 1.54) is 6.08 Å². The number of carbonyl (C=O) groups excluding carboxylic acids is 1. The summed E-state index contributed by atoms with van der Waals surface area (Å²) in [5.41, 5.74) is 2.89. The monoisotopic (exact) mass is 450 g/mol. The van der Waals surface area contributed by atoms with Gasteiger partial charge in [0.05, 0.1) is 22.8 Å². The molecule has 1 atom stereocenters. The van der Waals surface area contributed by atoms with Crippen molar-refractivity contribution in [2.45, 2.75) is 38.8 Å². The molecule has 3 aromatic rings. The fourth-order valence-electron chi connectivity index (χ4n) is 4.56. The molecule has 1 amide bonds. The predicted molar refractivity (Wildman–Crippen MR) is 129 cm³/mol. The summed E-state index contributed by atoms with van der Waals surface area (Å²) in [6, 6.07) is 11.5. The van der Waals surface area contributed by atoms with Crippen molar-refractivity contribution >= 4 is 34.1 Å². The van der Waals surface area contributed by atoms with E-state index in [0.717, 1.165) is 23.2 Å². The lowest BCUT2D eigenvalue weighted by molar-refractivity contribution is -0.125. The zero-order chi connectivity index (χ0) is 22.9. The highest BCUT2D eigenvalue weighted by Gasteiger charge is 2.42. The topological polar surface area (TPSA) is 67.2 Å². The molecule has 1 fully saturated rings. The van der Waals surface area contributed by atoms with Gasteiger partial charge in [0.2, 0.25) is 5.91 Å². The second kappa shape index (κ2) is 8.79. The summed E-state index contributed by atoms with van der Waals surface area (Å²) in [5, 5.41) is 4.91.